The fraction of sp³-hybridized carbons (Fsp3) is 0.500. The molecule has 0 unspecified atom stereocenters. The molecule has 0 saturated carbocycles. The van der Waals surface area contributed by atoms with Gasteiger partial charge >= 0.3 is 0 Å². The number of carbonyl (C=O) groups is 1. The Kier molecular flexibility index (Phi) is 3.93. The highest BCUT2D eigenvalue weighted by molar-refractivity contribution is 5.98. The molecule has 92 valence electrons. The van der Waals surface area contributed by atoms with Gasteiger partial charge in [0, 0.05) is 38.2 Å². The average molecular weight is 234 g/mol. The van der Waals surface area contributed by atoms with Crippen LogP contribution in [-0.2, 0) is 0 Å². The number of nitrogens with one attached hydrogen (secondary N) is 2. The average Bonchev–Trinajstić information content (AvgIpc) is 2.40. The van der Waals surface area contributed by atoms with E-state index in [1.807, 2.05) is 5.01 Å². The van der Waals surface area contributed by atoms with Crippen LogP contribution in [0.4, 0.5) is 5.69 Å². The van der Waals surface area contributed by atoms with Gasteiger partial charge in [-0.15, -0.1) is 0 Å². The van der Waals surface area contributed by atoms with E-state index in [1.54, 1.807) is 25.5 Å². The highest BCUT2D eigenvalue weighted by Crippen LogP contribution is 2.13. The Balaban J connectivity index is 2.03. The number of amides is 1. The zero-order chi connectivity index (χ0) is 12.1. The first kappa shape index (κ1) is 11.9. The lowest BCUT2D eigenvalue weighted by molar-refractivity contribution is 0.0750. The van der Waals surface area contributed by atoms with Crippen LogP contribution in [0.2, 0.25) is 0 Å². The summed E-state index contributed by atoms with van der Waals surface area (Å²) >= 11 is 0. The second-order valence-corrected chi connectivity index (χ2v) is 4.16. The van der Waals surface area contributed by atoms with Gasteiger partial charge in [0.05, 0.1) is 5.56 Å². The van der Waals surface area contributed by atoms with Gasteiger partial charge < -0.3 is 5.32 Å². The van der Waals surface area contributed by atoms with Gasteiger partial charge in [-0.1, -0.05) is 6.42 Å². The van der Waals surface area contributed by atoms with E-state index < -0.39 is 0 Å². The monoisotopic (exact) mass is 234 g/mol. The minimum atomic E-state index is -0.0932. The largest absolute Gasteiger partial charge is 0.387 e. The summed E-state index contributed by atoms with van der Waals surface area (Å²) in [6.45, 7) is 1.86. The number of pyridine rings is 1. The Morgan fingerprint density at radius 2 is 2.12 bits per heavy atom. The smallest absolute Gasteiger partial charge is 0.269 e. The normalized spacial score (nSPS) is 16.5. The first-order chi connectivity index (χ1) is 8.31. The molecule has 1 aliphatic heterocycles. The molecule has 1 saturated heterocycles. The Bertz CT molecular complexity index is 388. The number of carbonyl (C=O) groups excluding carboxylic acids is 1. The van der Waals surface area contributed by atoms with Gasteiger partial charge in [-0.2, -0.15) is 0 Å². The third-order valence-electron chi connectivity index (χ3n) is 2.95. The van der Waals surface area contributed by atoms with Crippen molar-refractivity contribution in [3.63, 3.8) is 0 Å². The predicted molar refractivity (Wildman–Crippen MR) is 66.7 cm³/mol. The third kappa shape index (κ3) is 2.94. The topological polar surface area (TPSA) is 57.3 Å². The molecular formula is C12H18N4O. The molecular weight excluding hydrogens is 216 g/mol. The zero-order valence-electron chi connectivity index (χ0n) is 10.1. The summed E-state index contributed by atoms with van der Waals surface area (Å²) in [5, 5.41) is 4.98. The van der Waals surface area contributed by atoms with Crippen LogP contribution in [0.3, 0.4) is 0 Å². The summed E-state index contributed by atoms with van der Waals surface area (Å²) in [5.74, 6) is -0.0932. The third-order valence-corrected chi connectivity index (χ3v) is 2.95. The van der Waals surface area contributed by atoms with E-state index in [0.29, 0.717) is 5.56 Å². The number of hydrogen-bond donors (Lipinski definition) is 2. The molecule has 1 aliphatic rings. The first-order valence-electron chi connectivity index (χ1n) is 5.99. The van der Waals surface area contributed by atoms with Gasteiger partial charge in [-0.25, -0.2) is 5.01 Å². The lowest BCUT2D eigenvalue weighted by Crippen LogP contribution is -2.45. The van der Waals surface area contributed by atoms with Gasteiger partial charge in [-0.05, 0) is 18.9 Å². The second kappa shape index (κ2) is 5.63. The van der Waals surface area contributed by atoms with E-state index in [1.165, 1.54) is 6.42 Å². The maximum Gasteiger partial charge on any atom is 0.269 e. The summed E-state index contributed by atoms with van der Waals surface area (Å²) in [6.07, 6.45) is 6.80. The van der Waals surface area contributed by atoms with E-state index >= 15 is 0 Å². The van der Waals surface area contributed by atoms with Crippen LogP contribution >= 0.6 is 0 Å². The Hall–Kier alpha value is -1.62. The molecule has 1 amide bonds. The Morgan fingerprint density at radius 3 is 2.82 bits per heavy atom. The molecule has 1 aromatic rings. The van der Waals surface area contributed by atoms with Crippen molar-refractivity contribution in [1.29, 1.82) is 0 Å². The molecule has 17 heavy (non-hydrogen) atoms. The van der Waals surface area contributed by atoms with Crippen LogP contribution in [-0.4, -0.2) is 36.0 Å². The van der Waals surface area contributed by atoms with E-state index in [-0.39, 0.29) is 5.91 Å². The van der Waals surface area contributed by atoms with Gasteiger partial charge in [0.25, 0.3) is 5.91 Å². The quantitative estimate of drug-likeness (QED) is 0.826. The fourth-order valence-electron chi connectivity index (χ4n) is 2.00. The molecule has 1 aromatic heterocycles. The van der Waals surface area contributed by atoms with Crippen molar-refractivity contribution in [3.8, 4) is 0 Å². The minimum absolute atomic E-state index is 0.0932. The lowest BCUT2D eigenvalue weighted by Gasteiger charge is -2.27. The van der Waals surface area contributed by atoms with E-state index in [2.05, 4.69) is 15.7 Å². The van der Waals surface area contributed by atoms with Crippen molar-refractivity contribution in [2.24, 2.45) is 0 Å². The number of anilines is 1. The Labute approximate surface area is 101 Å². The van der Waals surface area contributed by atoms with Gasteiger partial charge in [-0.3, -0.25) is 15.2 Å². The highest BCUT2D eigenvalue weighted by atomic mass is 16.2. The molecule has 0 radical (unpaired) electrons. The summed E-state index contributed by atoms with van der Waals surface area (Å²) in [6, 6.07) is 1.80. The summed E-state index contributed by atoms with van der Waals surface area (Å²) < 4.78 is 0. The van der Waals surface area contributed by atoms with Crippen LogP contribution < -0.4 is 10.7 Å². The van der Waals surface area contributed by atoms with Crippen LogP contribution in [0.15, 0.2) is 18.5 Å². The lowest BCUT2D eigenvalue weighted by atomic mass is 10.2. The minimum Gasteiger partial charge on any atom is -0.387 e. The van der Waals surface area contributed by atoms with Crippen LogP contribution in [0, 0.1) is 0 Å². The zero-order valence-corrected chi connectivity index (χ0v) is 10.1. The summed E-state index contributed by atoms with van der Waals surface area (Å²) in [7, 11) is 1.80. The molecule has 0 spiro atoms. The van der Waals surface area contributed by atoms with E-state index in [0.717, 1.165) is 31.6 Å². The Morgan fingerprint density at radius 1 is 1.35 bits per heavy atom. The molecule has 2 N–H and O–H groups in total. The van der Waals surface area contributed by atoms with Crippen molar-refractivity contribution in [1.82, 2.24) is 15.4 Å². The van der Waals surface area contributed by atoms with Crippen molar-refractivity contribution in [2.45, 2.75) is 19.3 Å². The van der Waals surface area contributed by atoms with Gasteiger partial charge in [0.1, 0.15) is 0 Å². The first-order valence-corrected chi connectivity index (χ1v) is 5.99. The van der Waals surface area contributed by atoms with E-state index in [9.17, 15) is 4.79 Å². The number of piperidine rings is 1. The number of hydrogen-bond acceptors (Lipinski definition) is 4. The molecule has 0 aliphatic carbocycles. The van der Waals surface area contributed by atoms with E-state index in [4.69, 9.17) is 0 Å². The van der Waals surface area contributed by atoms with Crippen LogP contribution in [0.1, 0.15) is 29.6 Å². The van der Waals surface area contributed by atoms with Crippen LogP contribution in [0.5, 0.6) is 0 Å². The van der Waals surface area contributed by atoms with Crippen molar-refractivity contribution in [2.75, 3.05) is 25.5 Å². The maximum absolute atomic E-state index is 12.1. The molecule has 1 fully saturated rings. The SMILES string of the molecule is CNc1ccncc1C(=O)NN1CCCCC1. The number of hydrazine groups is 1. The fourth-order valence-corrected chi connectivity index (χ4v) is 2.00. The summed E-state index contributed by atoms with van der Waals surface area (Å²) in [4.78, 5) is 16.0. The maximum atomic E-state index is 12.1. The highest BCUT2D eigenvalue weighted by Gasteiger charge is 2.16. The molecule has 2 rings (SSSR count). The molecule has 5 heteroatoms. The molecule has 0 bridgehead atoms. The van der Waals surface area contributed by atoms with Crippen LogP contribution in [0.25, 0.3) is 0 Å². The van der Waals surface area contributed by atoms with Crippen molar-refractivity contribution < 1.29 is 4.79 Å². The van der Waals surface area contributed by atoms with Crippen molar-refractivity contribution in [3.05, 3.63) is 24.0 Å². The number of rotatable bonds is 3. The van der Waals surface area contributed by atoms with Gasteiger partial charge in [0.2, 0.25) is 0 Å². The standard InChI is InChI=1S/C12H18N4O/c1-13-11-5-6-14-9-10(11)12(17)15-16-7-3-2-4-8-16/h5-6,9H,2-4,7-8H2,1H3,(H,13,14)(H,15,17). The molecule has 0 aromatic carbocycles. The molecule has 2 heterocycles. The predicted octanol–water partition coefficient (Wildman–Crippen LogP) is 1.25. The molecule has 0 atom stereocenters. The second-order valence-electron chi connectivity index (χ2n) is 4.16. The summed E-state index contributed by atoms with van der Waals surface area (Å²) in [5.41, 5.74) is 4.31. The number of aromatic nitrogens is 1. The molecule has 5 nitrogen and oxygen atoms in total. The van der Waals surface area contributed by atoms with Crippen molar-refractivity contribution >= 4 is 11.6 Å². The van der Waals surface area contributed by atoms with Gasteiger partial charge in [0.15, 0.2) is 0 Å². The number of nitrogens with zero attached hydrogens (tertiary/aromatic N) is 2.